The maximum absolute atomic E-state index is 13.2. The minimum atomic E-state index is -1.58. The van der Waals surface area contributed by atoms with Crippen molar-refractivity contribution in [3.63, 3.8) is 0 Å². The third-order valence-corrected chi connectivity index (χ3v) is 2.64. The summed E-state index contributed by atoms with van der Waals surface area (Å²) in [7, 11) is 0. The normalized spacial score (nSPS) is 11.7. The van der Waals surface area contributed by atoms with E-state index in [1.54, 1.807) is 0 Å². The van der Waals surface area contributed by atoms with E-state index in [4.69, 9.17) is 11.0 Å². The van der Waals surface area contributed by atoms with Gasteiger partial charge in [0, 0.05) is 18.0 Å². The van der Waals surface area contributed by atoms with E-state index in [1.165, 1.54) is 24.5 Å². The van der Waals surface area contributed by atoms with Gasteiger partial charge in [-0.15, -0.1) is 0 Å². The van der Waals surface area contributed by atoms with Crippen molar-refractivity contribution in [3.05, 3.63) is 65.2 Å². The highest BCUT2D eigenvalue weighted by atomic mass is 19.2. The largest absolute Gasteiger partial charge is 0.397 e. The Morgan fingerprint density at radius 2 is 1.60 bits per heavy atom. The van der Waals surface area contributed by atoms with Gasteiger partial charge in [-0.3, -0.25) is 4.98 Å². The molecule has 0 atom stereocenters. The summed E-state index contributed by atoms with van der Waals surface area (Å²) in [6, 6.07) is 6.40. The van der Waals surface area contributed by atoms with Crippen molar-refractivity contribution in [1.29, 1.82) is 5.26 Å². The number of rotatable bonds is 2. The van der Waals surface area contributed by atoms with Crippen LogP contribution in [0, 0.1) is 28.8 Å². The van der Waals surface area contributed by atoms with Crippen molar-refractivity contribution >= 4 is 11.3 Å². The molecule has 1 aromatic carbocycles. The quantitative estimate of drug-likeness (QED) is 0.677. The predicted molar refractivity (Wildman–Crippen MR) is 67.2 cm³/mol. The van der Waals surface area contributed by atoms with E-state index in [0.717, 1.165) is 12.1 Å². The first-order valence-corrected chi connectivity index (χ1v) is 5.49. The minimum Gasteiger partial charge on any atom is -0.397 e. The number of nitriles is 1. The lowest BCUT2D eigenvalue weighted by Gasteiger charge is -2.07. The Hall–Kier alpha value is -2.81. The number of aromatic nitrogens is 1. The van der Waals surface area contributed by atoms with Gasteiger partial charge in [-0.1, -0.05) is 0 Å². The summed E-state index contributed by atoms with van der Waals surface area (Å²) in [5, 5.41) is 9.13. The molecule has 1 aromatic heterocycles. The first-order chi connectivity index (χ1) is 9.54. The molecule has 1 heterocycles. The number of hydrogen-bond acceptors (Lipinski definition) is 3. The maximum atomic E-state index is 13.2. The molecule has 0 radical (unpaired) electrons. The van der Waals surface area contributed by atoms with E-state index < -0.39 is 17.5 Å². The van der Waals surface area contributed by atoms with Gasteiger partial charge in [0.05, 0.1) is 11.3 Å². The highest BCUT2D eigenvalue weighted by Gasteiger charge is 2.14. The van der Waals surface area contributed by atoms with Crippen LogP contribution in [-0.4, -0.2) is 4.98 Å². The number of nitrogens with zero attached hydrogens (tertiary/aromatic N) is 2. The zero-order chi connectivity index (χ0) is 14.7. The fraction of sp³-hybridized carbons (Fsp3) is 0. The van der Waals surface area contributed by atoms with Gasteiger partial charge < -0.3 is 5.73 Å². The van der Waals surface area contributed by atoms with Crippen LogP contribution < -0.4 is 5.73 Å². The van der Waals surface area contributed by atoms with Gasteiger partial charge in [0.1, 0.15) is 6.07 Å². The lowest BCUT2D eigenvalue weighted by atomic mass is 10.0. The van der Waals surface area contributed by atoms with Crippen LogP contribution in [0.1, 0.15) is 11.1 Å². The first-order valence-electron chi connectivity index (χ1n) is 5.49. The average Bonchev–Trinajstić information content (AvgIpc) is 2.46. The van der Waals surface area contributed by atoms with Crippen molar-refractivity contribution in [3.8, 4) is 6.07 Å². The van der Waals surface area contributed by atoms with E-state index in [-0.39, 0.29) is 16.8 Å². The molecule has 0 fully saturated rings. The average molecular weight is 275 g/mol. The van der Waals surface area contributed by atoms with Gasteiger partial charge in [0.15, 0.2) is 17.5 Å². The molecule has 6 heteroatoms. The van der Waals surface area contributed by atoms with Crippen molar-refractivity contribution < 1.29 is 13.2 Å². The SMILES string of the molecule is N#C/C(=C(/N)c1cc(F)c(F)c(F)c1)c1ccncc1. The lowest BCUT2D eigenvalue weighted by Crippen LogP contribution is -2.03. The molecule has 0 unspecified atom stereocenters. The van der Waals surface area contributed by atoms with Crippen LogP contribution in [0.2, 0.25) is 0 Å². The molecule has 0 saturated carbocycles. The van der Waals surface area contributed by atoms with Gasteiger partial charge in [0.2, 0.25) is 0 Å². The summed E-state index contributed by atoms with van der Waals surface area (Å²) in [5.74, 6) is -4.31. The fourth-order valence-corrected chi connectivity index (χ4v) is 1.65. The zero-order valence-corrected chi connectivity index (χ0v) is 10.1. The van der Waals surface area contributed by atoms with Gasteiger partial charge in [-0.05, 0) is 29.8 Å². The van der Waals surface area contributed by atoms with E-state index in [2.05, 4.69) is 4.98 Å². The van der Waals surface area contributed by atoms with Crippen molar-refractivity contribution in [1.82, 2.24) is 4.98 Å². The molecule has 2 aromatic rings. The van der Waals surface area contributed by atoms with Gasteiger partial charge in [-0.2, -0.15) is 5.26 Å². The Morgan fingerprint density at radius 3 is 2.10 bits per heavy atom. The van der Waals surface area contributed by atoms with Crippen LogP contribution in [0.5, 0.6) is 0 Å². The number of halogens is 3. The predicted octanol–water partition coefficient (Wildman–Crippen LogP) is 2.85. The van der Waals surface area contributed by atoms with Gasteiger partial charge >= 0.3 is 0 Å². The Kier molecular flexibility index (Phi) is 3.71. The van der Waals surface area contributed by atoms with Crippen LogP contribution in [-0.2, 0) is 0 Å². The second-order valence-electron chi connectivity index (χ2n) is 3.89. The Bertz CT molecular complexity index is 695. The summed E-state index contributed by atoms with van der Waals surface area (Å²) >= 11 is 0. The smallest absolute Gasteiger partial charge is 0.194 e. The van der Waals surface area contributed by atoms with Crippen LogP contribution >= 0.6 is 0 Å². The van der Waals surface area contributed by atoms with E-state index in [9.17, 15) is 13.2 Å². The summed E-state index contributed by atoms with van der Waals surface area (Å²) < 4.78 is 39.3. The number of nitrogens with two attached hydrogens (primary N) is 1. The maximum Gasteiger partial charge on any atom is 0.194 e. The number of benzene rings is 1. The molecule has 0 aliphatic carbocycles. The van der Waals surface area contributed by atoms with Crippen molar-refractivity contribution in [2.75, 3.05) is 0 Å². The molecule has 2 rings (SSSR count). The van der Waals surface area contributed by atoms with Crippen LogP contribution in [0.25, 0.3) is 11.3 Å². The van der Waals surface area contributed by atoms with Crippen LogP contribution in [0.15, 0.2) is 36.7 Å². The van der Waals surface area contributed by atoms with E-state index >= 15 is 0 Å². The summed E-state index contributed by atoms with van der Waals surface area (Å²) in [6.07, 6.45) is 2.90. The van der Waals surface area contributed by atoms with E-state index in [0.29, 0.717) is 5.56 Å². The highest BCUT2D eigenvalue weighted by molar-refractivity contribution is 5.95. The Morgan fingerprint density at radius 1 is 1.05 bits per heavy atom. The van der Waals surface area contributed by atoms with Crippen molar-refractivity contribution in [2.45, 2.75) is 0 Å². The Labute approximate surface area is 112 Å². The number of allylic oxidation sites excluding steroid dienone is 1. The summed E-state index contributed by atoms with van der Waals surface area (Å²) in [6.45, 7) is 0. The Balaban J connectivity index is 2.61. The molecule has 0 bridgehead atoms. The minimum absolute atomic E-state index is 0.0257. The molecule has 20 heavy (non-hydrogen) atoms. The number of hydrogen-bond donors (Lipinski definition) is 1. The molecule has 2 N–H and O–H groups in total. The summed E-state index contributed by atoms with van der Waals surface area (Å²) in [5.41, 5.74) is 5.98. The molecule has 0 spiro atoms. The molecule has 0 amide bonds. The standard InChI is InChI=1S/C14H8F3N3/c15-11-5-9(6-12(16)13(11)17)14(19)10(7-18)8-1-3-20-4-2-8/h1-6H,19H2/b14-10-. The molecular formula is C14H8F3N3. The number of pyridine rings is 1. The van der Waals surface area contributed by atoms with E-state index in [1.807, 2.05) is 6.07 Å². The molecule has 0 saturated heterocycles. The third kappa shape index (κ3) is 2.47. The van der Waals surface area contributed by atoms with Gasteiger partial charge in [0.25, 0.3) is 0 Å². The fourth-order valence-electron chi connectivity index (χ4n) is 1.65. The summed E-state index contributed by atoms with van der Waals surface area (Å²) in [4.78, 5) is 3.79. The van der Waals surface area contributed by atoms with Crippen LogP contribution in [0.4, 0.5) is 13.2 Å². The second kappa shape index (κ2) is 5.45. The molecular weight excluding hydrogens is 267 g/mol. The molecule has 100 valence electrons. The van der Waals surface area contributed by atoms with Gasteiger partial charge in [-0.25, -0.2) is 13.2 Å². The zero-order valence-electron chi connectivity index (χ0n) is 10.1. The molecule has 0 aliphatic rings. The topological polar surface area (TPSA) is 62.7 Å². The molecule has 0 aliphatic heterocycles. The lowest BCUT2D eigenvalue weighted by molar-refractivity contribution is 0.446. The second-order valence-corrected chi connectivity index (χ2v) is 3.89. The highest BCUT2D eigenvalue weighted by Crippen LogP contribution is 2.24. The molecule has 3 nitrogen and oxygen atoms in total. The first kappa shape index (κ1) is 13.6. The monoisotopic (exact) mass is 275 g/mol. The van der Waals surface area contributed by atoms with Crippen molar-refractivity contribution in [2.24, 2.45) is 5.73 Å². The van der Waals surface area contributed by atoms with Crippen LogP contribution in [0.3, 0.4) is 0 Å². The third-order valence-electron chi connectivity index (χ3n) is 2.64.